The van der Waals surface area contributed by atoms with E-state index in [1.807, 2.05) is 7.05 Å². The van der Waals surface area contributed by atoms with Gasteiger partial charge in [0, 0.05) is 26.7 Å². The van der Waals surface area contributed by atoms with Gasteiger partial charge in [-0.3, -0.25) is 4.99 Å². The van der Waals surface area contributed by atoms with Gasteiger partial charge in [0.25, 0.3) is 0 Å². The molecule has 4 nitrogen and oxygen atoms in total. The molecule has 2 aliphatic rings. The van der Waals surface area contributed by atoms with Crippen LogP contribution in [-0.4, -0.2) is 38.8 Å². The van der Waals surface area contributed by atoms with Crippen LogP contribution in [0.15, 0.2) is 4.99 Å². The summed E-state index contributed by atoms with van der Waals surface area (Å²) in [4.78, 5) is 4.31. The van der Waals surface area contributed by atoms with Gasteiger partial charge in [-0.2, -0.15) is 0 Å². The summed E-state index contributed by atoms with van der Waals surface area (Å²) in [6.45, 7) is 5.16. The first kappa shape index (κ1) is 20.0. The number of aliphatic imine (C=N–C) groups is 1. The summed E-state index contributed by atoms with van der Waals surface area (Å²) < 4.78 is 5.88. The van der Waals surface area contributed by atoms with Gasteiger partial charge in [-0.15, -0.1) is 24.0 Å². The van der Waals surface area contributed by atoms with Crippen molar-refractivity contribution in [2.24, 2.45) is 10.4 Å². The van der Waals surface area contributed by atoms with Crippen molar-refractivity contribution in [1.82, 2.24) is 10.6 Å². The van der Waals surface area contributed by atoms with Crippen LogP contribution >= 0.6 is 24.0 Å². The third-order valence-corrected chi connectivity index (χ3v) is 5.29. The van der Waals surface area contributed by atoms with Crippen LogP contribution in [0.3, 0.4) is 0 Å². The molecule has 0 spiro atoms. The van der Waals surface area contributed by atoms with E-state index in [9.17, 15) is 0 Å². The monoisotopic (exact) mass is 423 g/mol. The highest BCUT2D eigenvalue weighted by atomic mass is 127. The number of rotatable bonds is 8. The molecule has 0 atom stereocenters. The maximum atomic E-state index is 5.88. The molecule has 2 rings (SSSR count). The highest BCUT2D eigenvalue weighted by Crippen LogP contribution is 2.42. The predicted molar refractivity (Wildman–Crippen MR) is 104 cm³/mol. The Labute approximate surface area is 153 Å². The maximum Gasteiger partial charge on any atom is 0.190 e. The second-order valence-corrected chi connectivity index (χ2v) is 6.69. The molecule has 2 N–H and O–H groups in total. The second-order valence-electron chi connectivity index (χ2n) is 6.69. The van der Waals surface area contributed by atoms with Gasteiger partial charge in [-0.05, 0) is 43.9 Å². The van der Waals surface area contributed by atoms with Crippen molar-refractivity contribution in [3.8, 4) is 0 Å². The molecule has 2 saturated carbocycles. The molecule has 0 saturated heterocycles. The van der Waals surface area contributed by atoms with Gasteiger partial charge in [0.1, 0.15) is 0 Å². The zero-order chi connectivity index (χ0) is 15.0. The van der Waals surface area contributed by atoms with E-state index in [4.69, 9.17) is 4.74 Å². The molecule has 0 aromatic heterocycles. The molecular formula is C17H34IN3O. The van der Waals surface area contributed by atoms with Crippen molar-refractivity contribution < 1.29 is 4.74 Å². The minimum atomic E-state index is 0. The fourth-order valence-electron chi connectivity index (χ4n) is 3.41. The van der Waals surface area contributed by atoms with Crippen LogP contribution in [0.25, 0.3) is 0 Å². The zero-order valence-corrected chi connectivity index (χ0v) is 16.7. The lowest BCUT2D eigenvalue weighted by Gasteiger charge is -2.41. The Bertz CT molecular complexity index is 320. The molecule has 0 aliphatic heterocycles. The Hall–Kier alpha value is -0.0400. The smallest absolute Gasteiger partial charge is 0.190 e. The largest absolute Gasteiger partial charge is 0.378 e. The molecule has 0 unspecified atom stereocenters. The first-order valence-corrected chi connectivity index (χ1v) is 8.84. The maximum absolute atomic E-state index is 5.88. The van der Waals surface area contributed by atoms with E-state index in [0.717, 1.165) is 32.1 Å². The summed E-state index contributed by atoms with van der Waals surface area (Å²) in [6, 6.07) is 0. The number of nitrogens with zero attached hydrogens (tertiary/aromatic N) is 1. The van der Waals surface area contributed by atoms with Crippen LogP contribution in [0.1, 0.15) is 64.7 Å². The molecule has 2 fully saturated rings. The highest BCUT2D eigenvalue weighted by Gasteiger charge is 2.34. The second kappa shape index (κ2) is 10.7. The van der Waals surface area contributed by atoms with E-state index in [-0.39, 0.29) is 24.0 Å². The summed E-state index contributed by atoms with van der Waals surface area (Å²) in [5, 5.41) is 6.89. The summed E-state index contributed by atoms with van der Waals surface area (Å²) in [5.74, 6) is 0.940. The quantitative estimate of drug-likeness (QED) is 0.271. The number of halogens is 1. The molecule has 22 heavy (non-hydrogen) atoms. The van der Waals surface area contributed by atoms with E-state index in [0.29, 0.717) is 11.5 Å². The van der Waals surface area contributed by atoms with Crippen molar-refractivity contribution in [3.05, 3.63) is 0 Å². The molecule has 130 valence electrons. The SMILES string of the molecule is CCC1(CNC(=NC)NCCCOC2CCCC2)CCC1.I. The topological polar surface area (TPSA) is 45.7 Å². The fourth-order valence-corrected chi connectivity index (χ4v) is 3.41. The molecule has 0 aromatic rings. The predicted octanol–water partition coefficient (Wildman–Crippen LogP) is 3.70. The Kier molecular flexibility index (Phi) is 9.71. The fraction of sp³-hybridized carbons (Fsp3) is 0.941. The molecule has 0 bridgehead atoms. The van der Waals surface area contributed by atoms with Gasteiger partial charge in [-0.1, -0.05) is 26.2 Å². The molecule has 5 heteroatoms. The van der Waals surface area contributed by atoms with Crippen LogP contribution in [-0.2, 0) is 4.74 Å². The van der Waals surface area contributed by atoms with Crippen molar-refractivity contribution in [3.63, 3.8) is 0 Å². The minimum absolute atomic E-state index is 0. The number of hydrogen-bond acceptors (Lipinski definition) is 2. The lowest BCUT2D eigenvalue weighted by atomic mass is 9.67. The molecule has 0 aromatic carbocycles. The van der Waals surface area contributed by atoms with Gasteiger partial charge >= 0.3 is 0 Å². The van der Waals surface area contributed by atoms with Gasteiger partial charge < -0.3 is 15.4 Å². The third kappa shape index (κ3) is 6.22. The Morgan fingerprint density at radius 1 is 1.18 bits per heavy atom. The van der Waals surface area contributed by atoms with Gasteiger partial charge in [0.15, 0.2) is 5.96 Å². The van der Waals surface area contributed by atoms with E-state index < -0.39 is 0 Å². The lowest BCUT2D eigenvalue weighted by Crippen LogP contribution is -2.46. The zero-order valence-electron chi connectivity index (χ0n) is 14.3. The van der Waals surface area contributed by atoms with E-state index in [1.165, 1.54) is 51.4 Å². The number of guanidine groups is 1. The first-order valence-electron chi connectivity index (χ1n) is 8.84. The Morgan fingerprint density at radius 3 is 2.45 bits per heavy atom. The van der Waals surface area contributed by atoms with Crippen LogP contribution in [0.5, 0.6) is 0 Å². The van der Waals surface area contributed by atoms with E-state index >= 15 is 0 Å². The average molecular weight is 423 g/mol. The van der Waals surface area contributed by atoms with Crippen molar-refractivity contribution >= 4 is 29.9 Å². The Morgan fingerprint density at radius 2 is 1.91 bits per heavy atom. The third-order valence-electron chi connectivity index (χ3n) is 5.29. The molecule has 2 aliphatic carbocycles. The summed E-state index contributed by atoms with van der Waals surface area (Å²) in [6.07, 6.45) is 12.2. The summed E-state index contributed by atoms with van der Waals surface area (Å²) >= 11 is 0. The van der Waals surface area contributed by atoms with E-state index in [1.54, 1.807) is 0 Å². The minimum Gasteiger partial charge on any atom is -0.378 e. The average Bonchev–Trinajstić information content (AvgIpc) is 2.97. The van der Waals surface area contributed by atoms with Crippen molar-refractivity contribution in [2.75, 3.05) is 26.7 Å². The van der Waals surface area contributed by atoms with Gasteiger partial charge in [0.2, 0.25) is 0 Å². The number of nitrogens with one attached hydrogen (secondary N) is 2. The molecule has 0 radical (unpaired) electrons. The Balaban J connectivity index is 0.00000242. The van der Waals surface area contributed by atoms with Gasteiger partial charge in [0.05, 0.1) is 6.10 Å². The van der Waals surface area contributed by atoms with Gasteiger partial charge in [-0.25, -0.2) is 0 Å². The standard InChI is InChI=1S/C17H33N3O.HI/c1-3-17(10-6-11-17)14-20-16(18-2)19-12-7-13-21-15-8-4-5-9-15;/h15H,3-14H2,1-2H3,(H2,18,19,20);1H. The molecular weight excluding hydrogens is 389 g/mol. The molecule has 0 heterocycles. The summed E-state index contributed by atoms with van der Waals surface area (Å²) in [5.41, 5.74) is 0.531. The van der Waals surface area contributed by atoms with Crippen molar-refractivity contribution in [1.29, 1.82) is 0 Å². The van der Waals surface area contributed by atoms with E-state index in [2.05, 4.69) is 22.5 Å². The number of hydrogen-bond donors (Lipinski definition) is 2. The first-order chi connectivity index (χ1) is 10.3. The lowest BCUT2D eigenvalue weighted by molar-refractivity contribution is 0.0573. The number of ether oxygens (including phenoxy) is 1. The molecule has 0 amide bonds. The van der Waals surface area contributed by atoms with Crippen LogP contribution in [0.2, 0.25) is 0 Å². The normalized spacial score (nSPS) is 21.1. The van der Waals surface area contributed by atoms with Crippen LogP contribution < -0.4 is 10.6 Å². The highest BCUT2D eigenvalue weighted by molar-refractivity contribution is 14.0. The summed E-state index contributed by atoms with van der Waals surface area (Å²) in [7, 11) is 1.85. The van der Waals surface area contributed by atoms with Crippen LogP contribution in [0.4, 0.5) is 0 Å². The van der Waals surface area contributed by atoms with Crippen LogP contribution in [0, 0.1) is 5.41 Å². The van der Waals surface area contributed by atoms with Crippen molar-refractivity contribution in [2.45, 2.75) is 70.8 Å².